The van der Waals surface area contributed by atoms with Crippen molar-refractivity contribution in [3.8, 4) is 0 Å². The Balaban J connectivity index is 3.51. The summed E-state index contributed by atoms with van der Waals surface area (Å²) in [5, 5.41) is 0. The van der Waals surface area contributed by atoms with Gasteiger partial charge in [-0.25, -0.2) is 0 Å². The number of rotatable bonds is 5. The van der Waals surface area contributed by atoms with Gasteiger partial charge >= 0.3 is 0 Å². The molecule has 0 bridgehead atoms. The molecule has 10 heavy (non-hydrogen) atoms. The van der Waals surface area contributed by atoms with Gasteiger partial charge in [0.2, 0.25) is 0 Å². The first-order valence-electron chi connectivity index (χ1n) is 3.84. The summed E-state index contributed by atoms with van der Waals surface area (Å²) >= 11 is 4.20. The molecule has 0 aromatic carbocycles. The van der Waals surface area contributed by atoms with Gasteiger partial charge in [-0.1, -0.05) is 25.2 Å². The van der Waals surface area contributed by atoms with Gasteiger partial charge in [-0.2, -0.15) is 12.6 Å². The van der Waals surface area contributed by atoms with Crippen molar-refractivity contribution in [1.29, 1.82) is 0 Å². The van der Waals surface area contributed by atoms with Crippen molar-refractivity contribution in [1.82, 2.24) is 0 Å². The van der Waals surface area contributed by atoms with E-state index in [0.717, 1.165) is 5.75 Å². The molecule has 0 atom stereocenters. The summed E-state index contributed by atoms with van der Waals surface area (Å²) in [6.45, 7) is 8.60. The standard InChI is InChI=1S/C8H18SSi/c1-4-7-10(2,3)8-5-6-9/h4,9H,1,5-8H2,2-3H3. The Morgan fingerprint density at radius 3 is 2.50 bits per heavy atom. The average Bonchev–Trinajstić information content (AvgIpc) is 1.84. The Morgan fingerprint density at radius 1 is 1.50 bits per heavy atom. The first-order valence-corrected chi connectivity index (χ1v) is 7.89. The Labute approximate surface area is 71.1 Å². The second-order valence-corrected chi connectivity index (χ2v) is 9.17. The Kier molecular flexibility index (Phi) is 5.18. The molecule has 0 aromatic heterocycles. The van der Waals surface area contributed by atoms with Crippen molar-refractivity contribution in [2.45, 2.75) is 31.6 Å². The van der Waals surface area contributed by atoms with Gasteiger partial charge in [0.15, 0.2) is 0 Å². The molecule has 0 radical (unpaired) electrons. The minimum Gasteiger partial charge on any atom is -0.179 e. The molecular formula is C8H18SSi. The minimum absolute atomic E-state index is 0.891. The van der Waals surface area contributed by atoms with Crippen molar-refractivity contribution in [2.75, 3.05) is 5.75 Å². The largest absolute Gasteiger partial charge is 0.179 e. The SMILES string of the molecule is C=CC[Si](C)(C)CCCS. The van der Waals surface area contributed by atoms with E-state index in [4.69, 9.17) is 0 Å². The summed E-state index contributed by atoms with van der Waals surface area (Å²) in [5.74, 6) is 1.04. The zero-order chi connectivity index (χ0) is 8.04. The second kappa shape index (κ2) is 5.02. The van der Waals surface area contributed by atoms with E-state index in [0.29, 0.717) is 0 Å². The van der Waals surface area contributed by atoms with Crippen molar-refractivity contribution in [2.24, 2.45) is 0 Å². The first kappa shape index (κ1) is 10.3. The summed E-state index contributed by atoms with van der Waals surface area (Å²) in [5.41, 5.74) is 0. The molecule has 0 aliphatic rings. The highest BCUT2D eigenvalue weighted by Crippen LogP contribution is 2.17. The van der Waals surface area contributed by atoms with Crippen LogP contribution in [0, 0.1) is 0 Å². The molecule has 0 saturated heterocycles. The van der Waals surface area contributed by atoms with E-state index in [1.807, 2.05) is 0 Å². The maximum Gasteiger partial charge on any atom is 0.0511 e. The Bertz CT molecular complexity index is 99.4. The van der Waals surface area contributed by atoms with E-state index in [9.17, 15) is 0 Å². The van der Waals surface area contributed by atoms with Gasteiger partial charge < -0.3 is 0 Å². The van der Waals surface area contributed by atoms with Crippen LogP contribution < -0.4 is 0 Å². The van der Waals surface area contributed by atoms with Crippen LogP contribution in [0.4, 0.5) is 0 Å². The van der Waals surface area contributed by atoms with Crippen molar-refractivity contribution in [3.05, 3.63) is 12.7 Å². The molecule has 0 spiro atoms. The Morgan fingerprint density at radius 2 is 2.10 bits per heavy atom. The fourth-order valence-electron chi connectivity index (χ4n) is 1.05. The summed E-state index contributed by atoms with van der Waals surface area (Å²) in [6, 6.07) is 2.64. The third-order valence-corrected chi connectivity index (χ3v) is 5.13. The van der Waals surface area contributed by atoms with E-state index in [-0.39, 0.29) is 0 Å². The fourth-order valence-corrected chi connectivity index (χ4v) is 3.63. The van der Waals surface area contributed by atoms with Crippen LogP contribution >= 0.6 is 12.6 Å². The van der Waals surface area contributed by atoms with Gasteiger partial charge in [-0.3, -0.25) is 0 Å². The monoisotopic (exact) mass is 174 g/mol. The van der Waals surface area contributed by atoms with Gasteiger partial charge in [0, 0.05) is 0 Å². The quantitative estimate of drug-likeness (QED) is 0.369. The van der Waals surface area contributed by atoms with E-state index >= 15 is 0 Å². The molecule has 2 heteroatoms. The second-order valence-electron chi connectivity index (χ2n) is 3.48. The average molecular weight is 174 g/mol. The molecule has 0 heterocycles. The molecule has 60 valence electrons. The van der Waals surface area contributed by atoms with E-state index < -0.39 is 8.07 Å². The van der Waals surface area contributed by atoms with Gasteiger partial charge in [0.1, 0.15) is 0 Å². The van der Waals surface area contributed by atoms with Gasteiger partial charge in [-0.05, 0) is 18.2 Å². The maximum absolute atomic E-state index is 4.20. The van der Waals surface area contributed by atoms with Crippen LogP contribution in [-0.4, -0.2) is 13.8 Å². The number of hydrogen-bond donors (Lipinski definition) is 1. The molecule has 0 aliphatic carbocycles. The lowest BCUT2D eigenvalue weighted by Crippen LogP contribution is -2.23. The molecular weight excluding hydrogens is 156 g/mol. The summed E-state index contributed by atoms with van der Waals surface area (Å²) < 4.78 is 0. The molecule has 0 aromatic rings. The van der Waals surface area contributed by atoms with Crippen molar-refractivity contribution in [3.63, 3.8) is 0 Å². The third kappa shape index (κ3) is 5.12. The molecule has 0 fully saturated rings. The molecule has 0 nitrogen and oxygen atoms in total. The highest BCUT2D eigenvalue weighted by molar-refractivity contribution is 7.80. The van der Waals surface area contributed by atoms with Gasteiger partial charge in [0.05, 0.1) is 8.07 Å². The zero-order valence-electron chi connectivity index (χ0n) is 7.06. The maximum atomic E-state index is 4.20. The predicted octanol–water partition coefficient (Wildman–Crippen LogP) is 3.20. The van der Waals surface area contributed by atoms with Gasteiger partial charge in [-0.15, -0.1) is 6.58 Å². The Hall–Kier alpha value is 0.307. The number of allylic oxidation sites excluding steroid dienone is 1. The van der Waals surface area contributed by atoms with Crippen LogP contribution in [0.25, 0.3) is 0 Å². The van der Waals surface area contributed by atoms with Crippen LogP contribution in [-0.2, 0) is 0 Å². The normalized spacial score (nSPS) is 11.5. The zero-order valence-corrected chi connectivity index (χ0v) is 8.95. The molecule has 0 amide bonds. The van der Waals surface area contributed by atoms with Gasteiger partial charge in [0.25, 0.3) is 0 Å². The topological polar surface area (TPSA) is 0 Å². The van der Waals surface area contributed by atoms with Crippen LogP contribution in [0.2, 0.25) is 25.2 Å². The highest BCUT2D eigenvalue weighted by Gasteiger charge is 2.16. The van der Waals surface area contributed by atoms with Crippen molar-refractivity contribution < 1.29 is 0 Å². The summed E-state index contributed by atoms with van der Waals surface area (Å²) in [4.78, 5) is 0. The molecule has 0 rings (SSSR count). The van der Waals surface area contributed by atoms with E-state index in [2.05, 4.69) is 38.4 Å². The predicted molar refractivity (Wildman–Crippen MR) is 55.8 cm³/mol. The first-order chi connectivity index (χ1) is 4.62. The van der Waals surface area contributed by atoms with Crippen LogP contribution in [0.3, 0.4) is 0 Å². The molecule has 0 saturated carbocycles. The number of thiol groups is 1. The summed E-state index contributed by atoms with van der Waals surface area (Å²) in [6.07, 6.45) is 3.33. The lowest BCUT2D eigenvalue weighted by Gasteiger charge is -2.19. The lowest BCUT2D eigenvalue weighted by molar-refractivity contribution is 1.06. The highest BCUT2D eigenvalue weighted by atomic mass is 32.1. The molecule has 0 unspecified atom stereocenters. The van der Waals surface area contributed by atoms with Crippen LogP contribution in [0.1, 0.15) is 6.42 Å². The molecule has 0 aliphatic heterocycles. The molecule has 0 N–H and O–H groups in total. The lowest BCUT2D eigenvalue weighted by atomic mass is 10.6. The van der Waals surface area contributed by atoms with E-state index in [1.165, 1.54) is 18.5 Å². The van der Waals surface area contributed by atoms with Crippen LogP contribution in [0.15, 0.2) is 12.7 Å². The number of hydrogen-bond acceptors (Lipinski definition) is 1. The smallest absolute Gasteiger partial charge is 0.0511 e. The van der Waals surface area contributed by atoms with Crippen LogP contribution in [0.5, 0.6) is 0 Å². The minimum atomic E-state index is -0.891. The summed E-state index contributed by atoms with van der Waals surface area (Å²) in [7, 11) is -0.891. The van der Waals surface area contributed by atoms with Crippen molar-refractivity contribution >= 4 is 20.7 Å². The van der Waals surface area contributed by atoms with E-state index in [1.54, 1.807) is 0 Å². The third-order valence-electron chi connectivity index (χ3n) is 1.71. The fraction of sp³-hybridized carbons (Fsp3) is 0.750.